The molecule has 0 amide bonds. The maximum absolute atomic E-state index is 13.6. The third-order valence-corrected chi connectivity index (χ3v) is 3.91. The van der Waals surface area contributed by atoms with Gasteiger partial charge in [0.25, 0.3) is 0 Å². The third kappa shape index (κ3) is 2.46. The average molecular weight is 370 g/mol. The summed E-state index contributed by atoms with van der Waals surface area (Å²) in [6.45, 7) is 0.633. The molecular formula is C10H10BrFIN. The van der Waals surface area contributed by atoms with Crippen LogP contribution in [0.15, 0.2) is 16.6 Å². The van der Waals surface area contributed by atoms with E-state index >= 15 is 0 Å². The van der Waals surface area contributed by atoms with Crippen molar-refractivity contribution in [2.75, 3.05) is 0 Å². The fourth-order valence-corrected chi connectivity index (χ4v) is 2.24. The van der Waals surface area contributed by atoms with Gasteiger partial charge in [0.1, 0.15) is 5.82 Å². The van der Waals surface area contributed by atoms with Gasteiger partial charge in [0.2, 0.25) is 0 Å². The van der Waals surface area contributed by atoms with Gasteiger partial charge in [-0.1, -0.05) is 0 Å². The number of benzene rings is 1. The fraction of sp³-hybridized carbons (Fsp3) is 0.400. The average Bonchev–Trinajstić information content (AvgIpc) is 2.95. The molecule has 1 aliphatic rings. The Morgan fingerprint density at radius 1 is 1.50 bits per heavy atom. The van der Waals surface area contributed by atoms with Crippen molar-refractivity contribution >= 4 is 38.5 Å². The lowest BCUT2D eigenvalue weighted by atomic mass is 10.2. The van der Waals surface area contributed by atoms with Crippen molar-refractivity contribution in [2.24, 2.45) is 0 Å². The van der Waals surface area contributed by atoms with E-state index in [0.717, 1.165) is 9.13 Å². The first-order valence-corrected chi connectivity index (χ1v) is 6.41. The molecule has 0 unspecified atom stereocenters. The predicted molar refractivity (Wildman–Crippen MR) is 66.7 cm³/mol. The van der Waals surface area contributed by atoms with Crippen LogP contribution in [0.5, 0.6) is 0 Å². The summed E-state index contributed by atoms with van der Waals surface area (Å²) in [6.07, 6.45) is 2.46. The second-order valence-electron chi connectivity index (χ2n) is 3.48. The van der Waals surface area contributed by atoms with Crippen molar-refractivity contribution in [2.45, 2.75) is 25.4 Å². The molecule has 0 aromatic heterocycles. The topological polar surface area (TPSA) is 12.0 Å². The van der Waals surface area contributed by atoms with Gasteiger partial charge < -0.3 is 5.32 Å². The summed E-state index contributed by atoms with van der Waals surface area (Å²) in [5.74, 6) is -0.134. The first-order valence-electron chi connectivity index (χ1n) is 4.54. The normalized spacial score (nSPS) is 15.9. The largest absolute Gasteiger partial charge is 0.310 e. The summed E-state index contributed by atoms with van der Waals surface area (Å²) in [7, 11) is 0. The number of halogens is 3. The number of hydrogen-bond donors (Lipinski definition) is 1. The van der Waals surface area contributed by atoms with Crippen LogP contribution in [0.2, 0.25) is 0 Å². The maximum Gasteiger partial charge on any atom is 0.142 e. The van der Waals surface area contributed by atoms with Crippen LogP contribution in [0.4, 0.5) is 4.39 Å². The highest BCUT2D eigenvalue weighted by Crippen LogP contribution is 2.25. The lowest BCUT2D eigenvalue weighted by Crippen LogP contribution is -2.17. The second-order valence-corrected chi connectivity index (χ2v) is 5.49. The van der Waals surface area contributed by atoms with Gasteiger partial charge in [-0.3, -0.25) is 0 Å². The summed E-state index contributed by atoms with van der Waals surface area (Å²) in [5, 5.41) is 3.32. The Balaban J connectivity index is 2.16. The van der Waals surface area contributed by atoms with Gasteiger partial charge in [-0.25, -0.2) is 4.39 Å². The summed E-state index contributed by atoms with van der Waals surface area (Å²) in [5.41, 5.74) is 0.770. The van der Waals surface area contributed by atoms with E-state index in [1.807, 2.05) is 6.07 Å². The Labute approximate surface area is 105 Å². The highest BCUT2D eigenvalue weighted by atomic mass is 127. The molecule has 76 valence electrons. The molecule has 1 N–H and O–H groups in total. The van der Waals surface area contributed by atoms with Crippen molar-refractivity contribution in [3.63, 3.8) is 0 Å². The van der Waals surface area contributed by atoms with Gasteiger partial charge in [0.15, 0.2) is 0 Å². The van der Waals surface area contributed by atoms with Crippen molar-refractivity contribution < 1.29 is 4.39 Å². The minimum absolute atomic E-state index is 0.134. The first-order chi connectivity index (χ1) is 6.68. The second kappa shape index (κ2) is 4.45. The van der Waals surface area contributed by atoms with Gasteiger partial charge >= 0.3 is 0 Å². The standard InChI is InChI=1S/C10H10BrFIN/c11-8-3-4-9(13)7(10(8)12)5-14-6-1-2-6/h3-4,6,14H,1-2,5H2. The van der Waals surface area contributed by atoms with Crippen LogP contribution in [-0.2, 0) is 6.54 Å². The SMILES string of the molecule is Fc1c(Br)ccc(I)c1CNC1CC1. The molecule has 0 radical (unpaired) electrons. The summed E-state index contributed by atoms with van der Waals surface area (Å²) in [6, 6.07) is 4.29. The van der Waals surface area contributed by atoms with Crippen LogP contribution < -0.4 is 5.32 Å². The Kier molecular flexibility index (Phi) is 3.44. The van der Waals surface area contributed by atoms with Crippen LogP contribution in [0.3, 0.4) is 0 Å². The quantitative estimate of drug-likeness (QED) is 0.635. The molecule has 4 heteroatoms. The van der Waals surface area contributed by atoms with Crippen LogP contribution in [0, 0.1) is 9.39 Å². The van der Waals surface area contributed by atoms with E-state index in [0.29, 0.717) is 17.1 Å². The number of rotatable bonds is 3. The Bertz CT molecular complexity index is 352. The minimum Gasteiger partial charge on any atom is -0.310 e. The molecule has 1 aromatic carbocycles. The van der Waals surface area contributed by atoms with E-state index in [2.05, 4.69) is 43.8 Å². The molecule has 1 nitrogen and oxygen atoms in total. The van der Waals surface area contributed by atoms with Crippen LogP contribution in [0.1, 0.15) is 18.4 Å². The minimum atomic E-state index is -0.134. The van der Waals surface area contributed by atoms with Gasteiger partial charge in [-0.2, -0.15) is 0 Å². The lowest BCUT2D eigenvalue weighted by Gasteiger charge is -2.08. The van der Waals surface area contributed by atoms with Gasteiger partial charge in [0.05, 0.1) is 4.47 Å². The molecule has 0 atom stereocenters. The summed E-state index contributed by atoms with van der Waals surface area (Å²) in [4.78, 5) is 0. The molecule has 1 aromatic rings. The van der Waals surface area contributed by atoms with Crippen LogP contribution in [-0.4, -0.2) is 6.04 Å². The maximum atomic E-state index is 13.6. The zero-order chi connectivity index (χ0) is 10.1. The Morgan fingerprint density at radius 3 is 2.86 bits per heavy atom. The van der Waals surface area contributed by atoms with Gasteiger partial charge in [0, 0.05) is 21.7 Å². The van der Waals surface area contributed by atoms with Crippen LogP contribution in [0.25, 0.3) is 0 Å². The molecule has 0 spiro atoms. The molecule has 0 aliphatic heterocycles. The van der Waals surface area contributed by atoms with Crippen molar-refractivity contribution in [1.82, 2.24) is 5.32 Å². The van der Waals surface area contributed by atoms with E-state index in [-0.39, 0.29) is 5.82 Å². The Morgan fingerprint density at radius 2 is 2.21 bits per heavy atom. The van der Waals surface area contributed by atoms with E-state index in [4.69, 9.17) is 0 Å². The number of nitrogens with one attached hydrogen (secondary N) is 1. The predicted octanol–water partition coefficient (Wildman–Crippen LogP) is 3.44. The van der Waals surface area contributed by atoms with E-state index in [1.165, 1.54) is 12.8 Å². The molecule has 2 rings (SSSR count). The number of hydrogen-bond acceptors (Lipinski definition) is 1. The summed E-state index contributed by atoms with van der Waals surface area (Å²) < 4.78 is 15.2. The molecule has 0 saturated heterocycles. The zero-order valence-electron chi connectivity index (χ0n) is 7.49. The van der Waals surface area contributed by atoms with E-state index in [9.17, 15) is 4.39 Å². The van der Waals surface area contributed by atoms with Crippen molar-refractivity contribution in [3.8, 4) is 0 Å². The molecular weight excluding hydrogens is 360 g/mol. The zero-order valence-corrected chi connectivity index (χ0v) is 11.2. The van der Waals surface area contributed by atoms with Gasteiger partial charge in [-0.15, -0.1) is 0 Å². The molecule has 14 heavy (non-hydrogen) atoms. The fourth-order valence-electron chi connectivity index (χ4n) is 1.26. The molecule has 0 bridgehead atoms. The Hall–Kier alpha value is 0.320. The molecule has 0 heterocycles. The lowest BCUT2D eigenvalue weighted by molar-refractivity contribution is 0.579. The van der Waals surface area contributed by atoms with Gasteiger partial charge in [-0.05, 0) is 63.5 Å². The highest BCUT2D eigenvalue weighted by molar-refractivity contribution is 14.1. The van der Waals surface area contributed by atoms with Crippen molar-refractivity contribution in [1.29, 1.82) is 0 Å². The summed E-state index contributed by atoms with van der Waals surface area (Å²) >= 11 is 5.37. The molecule has 1 aliphatic carbocycles. The third-order valence-electron chi connectivity index (χ3n) is 2.28. The first kappa shape index (κ1) is 10.8. The van der Waals surface area contributed by atoms with E-state index in [1.54, 1.807) is 6.07 Å². The van der Waals surface area contributed by atoms with E-state index < -0.39 is 0 Å². The van der Waals surface area contributed by atoms with Crippen LogP contribution >= 0.6 is 38.5 Å². The smallest absolute Gasteiger partial charge is 0.142 e. The van der Waals surface area contributed by atoms with Crippen molar-refractivity contribution in [3.05, 3.63) is 31.6 Å². The monoisotopic (exact) mass is 369 g/mol. The molecule has 1 saturated carbocycles. The molecule has 1 fully saturated rings. The highest BCUT2D eigenvalue weighted by Gasteiger charge is 2.21.